The van der Waals surface area contributed by atoms with Crippen LogP contribution in [-0.4, -0.2) is 11.7 Å². The van der Waals surface area contributed by atoms with Gasteiger partial charge in [0.2, 0.25) is 0 Å². The van der Waals surface area contributed by atoms with Gasteiger partial charge < -0.3 is 10.4 Å². The van der Waals surface area contributed by atoms with Crippen LogP contribution in [0.3, 0.4) is 0 Å². The van der Waals surface area contributed by atoms with Gasteiger partial charge in [0.05, 0.1) is 4.47 Å². The third-order valence-electron chi connectivity index (χ3n) is 3.58. The van der Waals surface area contributed by atoms with E-state index in [1.807, 2.05) is 12.1 Å². The van der Waals surface area contributed by atoms with Crippen LogP contribution in [0.25, 0.3) is 0 Å². The number of hydrogen-bond acceptors (Lipinski definition) is 2. The number of benzene rings is 1. The third kappa shape index (κ3) is 3.71. The van der Waals surface area contributed by atoms with Gasteiger partial charge in [0, 0.05) is 6.54 Å². The molecule has 1 saturated carbocycles. The van der Waals surface area contributed by atoms with Crippen molar-refractivity contribution in [3.63, 3.8) is 0 Å². The molecule has 0 heterocycles. The van der Waals surface area contributed by atoms with E-state index in [0.717, 1.165) is 29.4 Å². The van der Waals surface area contributed by atoms with E-state index in [9.17, 15) is 5.11 Å². The van der Waals surface area contributed by atoms with Gasteiger partial charge in [-0.05, 0) is 64.8 Å². The number of aromatic hydroxyl groups is 1. The van der Waals surface area contributed by atoms with Crippen molar-refractivity contribution < 1.29 is 5.11 Å². The first kappa shape index (κ1) is 12.9. The summed E-state index contributed by atoms with van der Waals surface area (Å²) in [6.07, 6.45) is 4.12. The predicted octanol–water partition coefficient (Wildman–Crippen LogP) is 3.68. The lowest BCUT2D eigenvalue weighted by Gasteiger charge is -2.11. The summed E-state index contributed by atoms with van der Waals surface area (Å²) in [6, 6.07) is 5.67. The highest BCUT2D eigenvalue weighted by molar-refractivity contribution is 9.10. The lowest BCUT2D eigenvalue weighted by Crippen LogP contribution is -2.20. The van der Waals surface area contributed by atoms with Crippen LogP contribution in [0, 0.1) is 11.8 Å². The fourth-order valence-electron chi connectivity index (χ4n) is 2.59. The molecule has 0 amide bonds. The minimum Gasteiger partial charge on any atom is -0.507 e. The van der Waals surface area contributed by atoms with Gasteiger partial charge in [0.25, 0.3) is 0 Å². The van der Waals surface area contributed by atoms with Crippen LogP contribution in [-0.2, 0) is 6.54 Å². The molecule has 1 aromatic carbocycles. The van der Waals surface area contributed by atoms with Gasteiger partial charge in [-0.2, -0.15) is 0 Å². The zero-order valence-corrected chi connectivity index (χ0v) is 11.8. The second-order valence-electron chi connectivity index (χ2n) is 5.20. The molecule has 0 saturated heterocycles. The van der Waals surface area contributed by atoms with Crippen LogP contribution in [0.5, 0.6) is 5.75 Å². The second-order valence-corrected chi connectivity index (χ2v) is 6.06. The molecule has 3 heteroatoms. The molecule has 0 aromatic heterocycles. The zero-order valence-electron chi connectivity index (χ0n) is 10.2. The molecular weight excluding hydrogens is 278 g/mol. The van der Waals surface area contributed by atoms with Crippen LogP contribution in [0.2, 0.25) is 0 Å². The Balaban J connectivity index is 1.76. The number of phenols is 1. The molecule has 94 valence electrons. The molecule has 0 aliphatic heterocycles. The van der Waals surface area contributed by atoms with Crippen molar-refractivity contribution >= 4 is 15.9 Å². The first-order valence-electron chi connectivity index (χ1n) is 6.33. The summed E-state index contributed by atoms with van der Waals surface area (Å²) in [5.74, 6) is 2.06. The van der Waals surface area contributed by atoms with E-state index in [1.54, 1.807) is 6.07 Å². The molecule has 0 radical (unpaired) electrons. The van der Waals surface area contributed by atoms with Gasteiger partial charge in [0.1, 0.15) is 5.75 Å². The second kappa shape index (κ2) is 5.87. The Bertz CT molecular complexity index is 380. The Morgan fingerprint density at radius 3 is 2.88 bits per heavy atom. The SMILES string of the molecule is CC1CCC(CNCc2ccc(O)c(Br)c2)C1. The van der Waals surface area contributed by atoms with Gasteiger partial charge in [-0.3, -0.25) is 0 Å². The summed E-state index contributed by atoms with van der Waals surface area (Å²) < 4.78 is 0.770. The van der Waals surface area contributed by atoms with E-state index < -0.39 is 0 Å². The first-order valence-corrected chi connectivity index (χ1v) is 7.12. The summed E-state index contributed by atoms with van der Waals surface area (Å²) in [5.41, 5.74) is 1.21. The fourth-order valence-corrected chi connectivity index (χ4v) is 3.02. The molecule has 2 rings (SSSR count). The maximum absolute atomic E-state index is 9.40. The highest BCUT2D eigenvalue weighted by Crippen LogP contribution is 2.29. The van der Waals surface area contributed by atoms with E-state index >= 15 is 0 Å². The summed E-state index contributed by atoms with van der Waals surface area (Å²) in [5, 5.41) is 12.9. The normalized spacial score (nSPS) is 24.1. The molecular formula is C14H20BrNO. The van der Waals surface area contributed by atoms with E-state index in [2.05, 4.69) is 28.2 Å². The Morgan fingerprint density at radius 1 is 1.41 bits per heavy atom. The van der Waals surface area contributed by atoms with Crippen molar-refractivity contribution in [2.75, 3.05) is 6.54 Å². The molecule has 2 N–H and O–H groups in total. The molecule has 17 heavy (non-hydrogen) atoms. The number of halogens is 1. The Morgan fingerprint density at radius 2 is 2.24 bits per heavy atom. The number of phenolic OH excluding ortho intramolecular Hbond substituents is 1. The smallest absolute Gasteiger partial charge is 0.129 e. The minimum atomic E-state index is 0.304. The maximum Gasteiger partial charge on any atom is 0.129 e. The van der Waals surface area contributed by atoms with Crippen LogP contribution in [0.4, 0.5) is 0 Å². The molecule has 1 aliphatic rings. The molecule has 0 bridgehead atoms. The molecule has 1 aromatic rings. The predicted molar refractivity (Wildman–Crippen MR) is 74.0 cm³/mol. The van der Waals surface area contributed by atoms with Crippen molar-refractivity contribution in [1.29, 1.82) is 0 Å². The standard InChI is InChI=1S/C14H20BrNO/c1-10-2-3-11(6-10)8-16-9-12-4-5-14(17)13(15)7-12/h4-5,7,10-11,16-17H,2-3,6,8-9H2,1H3. The van der Waals surface area contributed by atoms with Gasteiger partial charge in [0.15, 0.2) is 0 Å². The zero-order chi connectivity index (χ0) is 12.3. The van der Waals surface area contributed by atoms with Crippen molar-refractivity contribution in [2.45, 2.75) is 32.7 Å². The Hall–Kier alpha value is -0.540. The molecule has 2 atom stereocenters. The largest absolute Gasteiger partial charge is 0.507 e. The first-order chi connectivity index (χ1) is 8.15. The molecule has 1 fully saturated rings. The van der Waals surface area contributed by atoms with Crippen LogP contribution < -0.4 is 5.32 Å². The molecule has 0 spiro atoms. The van der Waals surface area contributed by atoms with Gasteiger partial charge >= 0.3 is 0 Å². The monoisotopic (exact) mass is 297 g/mol. The van der Waals surface area contributed by atoms with Crippen LogP contribution in [0.15, 0.2) is 22.7 Å². The van der Waals surface area contributed by atoms with E-state index in [-0.39, 0.29) is 0 Å². The van der Waals surface area contributed by atoms with Gasteiger partial charge in [-0.25, -0.2) is 0 Å². The highest BCUT2D eigenvalue weighted by atomic mass is 79.9. The summed E-state index contributed by atoms with van der Waals surface area (Å²) in [6.45, 7) is 4.34. The summed E-state index contributed by atoms with van der Waals surface area (Å²) in [4.78, 5) is 0. The number of hydrogen-bond donors (Lipinski definition) is 2. The highest BCUT2D eigenvalue weighted by Gasteiger charge is 2.20. The molecule has 2 nitrogen and oxygen atoms in total. The fraction of sp³-hybridized carbons (Fsp3) is 0.571. The maximum atomic E-state index is 9.40. The molecule has 2 unspecified atom stereocenters. The quantitative estimate of drug-likeness (QED) is 0.888. The van der Waals surface area contributed by atoms with Gasteiger partial charge in [-0.15, -0.1) is 0 Å². The number of rotatable bonds is 4. The van der Waals surface area contributed by atoms with Crippen molar-refractivity contribution in [2.24, 2.45) is 11.8 Å². The van der Waals surface area contributed by atoms with Crippen molar-refractivity contribution in [3.05, 3.63) is 28.2 Å². The minimum absolute atomic E-state index is 0.304. The topological polar surface area (TPSA) is 32.3 Å². The summed E-state index contributed by atoms with van der Waals surface area (Å²) >= 11 is 3.33. The Labute approximate surface area is 112 Å². The average molecular weight is 298 g/mol. The lowest BCUT2D eigenvalue weighted by molar-refractivity contribution is 0.466. The van der Waals surface area contributed by atoms with Crippen molar-refractivity contribution in [3.8, 4) is 5.75 Å². The van der Waals surface area contributed by atoms with E-state index in [0.29, 0.717) is 5.75 Å². The Kier molecular flexibility index (Phi) is 4.46. The van der Waals surface area contributed by atoms with Gasteiger partial charge in [-0.1, -0.05) is 19.4 Å². The van der Waals surface area contributed by atoms with E-state index in [1.165, 1.54) is 24.8 Å². The van der Waals surface area contributed by atoms with Crippen LogP contribution in [0.1, 0.15) is 31.7 Å². The van der Waals surface area contributed by atoms with Crippen molar-refractivity contribution in [1.82, 2.24) is 5.32 Å². The van der Waals surface area contributed by atoms with Crippen LogP contribution >= 0.6 is 15.9 Å². The number of nitrogens with one attached hydrogen (secondary N) is 1. The lowest BCUT2D eigenvalue weighted by atomic mass is 10.1. The molecule has 1 aliphatic carbocycles. The average Bonchev–Trinajstić information content (AvgIpc) is 2.70. The summed E-state index contributed by atoms with van der Waals surface area (Å²) in [7, 11) is 0. The third-order valence-corrected chi connectivity index (χ3v) is 4.21. The van der Waals surface area contributed by atoms with E-state index in [4.69, 9.17) is 0 Å².